The van der Waals surface area contributed by atoms with Gasteiger partial charge in [0.2, 0.25) is 5.78 Å². The van der Waals surface area contributed by atoms with E-state index in [0.717, 1.165) is 6.07 Å². The van der Waals surface area contributed by atoms with E-state index in [1.807, 2.05) is 0 Å². The number of ether oxygens (including phenoxy) is 3. The number of para-hydroxylation sites is 1. The van der Waals surface area contributed by atoms with E-state index in [9.17, 15) is 19.7 Å². The number of nitrogens with zero attached hydrogens (tertiary/aromatic N) is 1. The van der Waals surface area contributed by atoms with Crippen LogP contribution in [0.2, 0.25) is 0 Å². The van der Waals surface area contributed by atoms with Gasteiger partial charge in [-0.15, -0.1) is 0 Å². The molecule has 0 heterocycles. The highest BCUT2D eigenvalue weighted by molar-refractivity contribution is 6.01. The zero-order chi connectivity index (χ0) is 18.4. The highest BCUT2D eigenvalue weighted by Crippen LogP contribution is 2.25. The number of hydrogen-bond donors (Lipinski definition) is 0. The summed E-state index contributed by atoms with van der Waals surface area (Å²) >= 11 is 0. The van der Waals surface area contributed by atoms with Gasteiger partial charge < -0.3 is 14.2 Å². The molecule has 0 saturated heterocycles. The predicted molar refractivity (Wildman–Crippen MR) is 87.3 cm³/mol. The Balaban J connectivity index is 2.16. The summed E-state index contributed by atoms with van der Waals surface area (Å²) in [4.78, 5) is 34.6. The van der Waals surface area contributed by atoms with Gasteiger partial charge in [0.25, 0.3) is 5.69 Å². The molecule has 0 aromatic heterocycles. The van der Waals surface area contributed by atoms with Crippen molar-refractivity contribution in [3.63, 3.8) is 0 Å². The summed E-state index contributed by atoms with van der Waals surface area (Å²) in [5, 5.41) is 10.8. The molecule has 2 rings (SSSR count). The Hall–Kier alpha value is -3.42. The number of methoxy groups -OCH3 is 2. The first-order valence-corrected chi connectivity index (χ1v) is 7.13. The van der Waals surface area contributed by atoms with Crippen molar-refractivity contribution in [1.82, 2.24) is 0 Å². The van der Waals surface area contributed by atoms with Gasteiger partial charge >= 0.3 is 5.97 Å². The van der Waals surface area contributed by atoms with Gasteiger partial charge in [-0.05, 0) is 18.2 Å². The van der Waals surface area contributed by atoms with Crippen LogP contribution in [0.15, 0.2) is 42.5 Å². The minimum absolute atomic E-state index is 0.111. The number of benzene rings is 2. The standard InChI is InChI=1S/C17H15NO7/c1-23-15-6-4-3-5-12(15)14(19)10-25-17(20)13-9-11(18(21)22)7-8-16(13)24-2/h3-9H,10H2,1-2H3. The summed E-state index contributed by atoms with van der Waals surface area (Å²) in [6.07, 6.45) is 0. The maximum atomic E-state index is 12.2. The molecule has 25 heavy (non-hydrogen) atoms. The molecule has 0 fully saturated rings. The average molecular weight is 345 g/mol. The predicted octanol–water partition coefficient (Wildman–Crippen LogP) is 2.65. The molecule has 0 unspecified atom stereocenters. The summed E-state index contributed by atoms with van der Waals surface area (Å²) in [6, 6.07) is 10.0. The first-order chi connectivity index (χ1) is 12.0. The lowest BCUT2D eigenvalue weighted by Gasteiger charge is -2.10. The number of hydrogen-bond acceptors (Lipinski definition) is 7. The Morgan fingerprint density at radius 3 is 2.28 bits per heavy atom. The Kier molecular flexibility index (Phi) is 5.67. The fraction of sp³-hybridized carbons (Fsp3) is 0.176. The lowest BCUT2D eigenvalue weighted by atomic mass is 10.1. The Bertz CT molecular complexity index is 816. The number of carbonyl (C=O) groups is 2. The third-order valence-corrected chi connectivity index (χ3v) is 3.36. The SMILES string of the molecule is COc1ccccc1C(=O)COC(=O)c1cc([N+](=O)[O-])ccc1OC. The summed E-state index contributed by atoms with van der Waals surface area (Å²) in [5.41, 5.74) is -0.155. The number of Topliss-reactive ketones (excluding diaryl/α,β-unsaturated/α-hetero) is 1. The molecule has 0 bridgehead atoms. The van der Waals surface area contributed by atoms with Gasteiger partial charge in [-0.25, -0.2) is 4.79 Å². The molecule has 8 nitrogen and oxygen atoms in total. The molecule has 0 atom stereocenters. The number of nitro benzene ring substituents is 1. The van der Waals surface area contributed by atoms with Gasteiger partial charge in [-0.1, -0.05) is 12.1 Å². The normalized spacial score (nSPS) is 10.0. The molecule has 0 N–H and O–H groups in total. The number of esters is 1. The first kappa shape index (κ1) is 17.9. The van der Waals surface area contributed by atoms with Gasteiger partial charge in [0, 0.05) is 12.1 Å². The molecule has 130 valence electrons. The van der Waals surface area contributed by atoms with Crippen LogP contribution in [0.3, 0.4) is 0 Å². The largest absolute Gasteiger partial charge is 0.496 e. The highest BCUT2D eigenvalue weighted by atomic mass is 16.6. The number of ketones is 1. The monoisotopic (exact) mass is 345 g/mol. The maximum absolute atomic E-state index is 12.2. The molecule has 0 spiro atoms. The molecule has 0 saturated carbocycles. The van der Waals surface area contributed by atoms with Crippen molar-refractivity contribution in [3.05, 3.63) is 63.7 Å². The smallest absolute Gasteiger partial charge is 0.342 e. The summed E-state index contributed by atoms with van der Waals surface area (Å²) < 4.78 is 15.1. The summed E-state index contributed by atoms with van der Waals surface area (Å²) in [7, 11) is 2.74. The Labute approximate surface area is 143 Å². The first-order valence-electron chi connectivity index (χ1n) is 7.13. The van der Waals surface area contributed by atoms with Crippen LogP contribution in [0.5, 0.6) is 11.5 Å². The zero-order valence-corrected chi connectivity index (χ0v) is 13.6. The second-order valence-corrected chi connectivity index (χ2v) is 4.84. The number of rotatable bonds is 7. The molecule has 0 radical (unpaired) electrons. The van der Waals surface area contributed by atoms with Gasteiger partial charge in [-0.2, -0.15) is 0 Å². The number of nitro groups is 1. The van der Waals surface area contributed by atoms with E-state index in [4.69, 9.17) is 14.2 Å². The van der Waals surface area contributed by atoms with Crippen LogP contribution in [0, 0.1) is 10.1 Å². The van der Waals surface area contributed by atoms with Gasteiger partial charge in [0.1, 0.15) is 17.1 Å². The van der Waals surface area contributed by atoms with Crippen molar-refractivity contribution >= 4 is 17.4 Å². The van der Waals surface area contributed by atoms with E-state index < -0.39 is 23.3 Å². The average Bonchev–Trinajstić information content (AvgIpc) is 2.64. The third kappa shape index (κ3) is 4.11. The molecule has 0 aliphatic heterocycles. The molecule has 2 aromatic carbocycles. The van der Waals surface area contributed by atoms with E-state index in [-0.39, 0.29) is 22.6 Å². The second kappa shape index (κ2) is 7.91. The molecule has 2 aromatic rings. The fourth-order valence-electron chi connectivity index (χ4n) is 2.13. The van der Waals surface area contributed by atoms with Crippen molar-refractivity contribution in [1.29, 1.82) is 0 Å². The van der Waals surface area contributed by atoms with E-state index >= 15 is 0 Å². The van der Waals surface area contributed by atoms with Crippen molar-refractivity contribution in [2.75, 3.05) is 20.8 Å². The lowest BCUT2D eigenvalue weighted by Crippen LogP contribution is -2.15. The van der Waals surface area contributed by atoms with Crippen molar-refractivity contribution in [2.24, 2.45) is 0 Å². The van der Waals surface area contributed by atoms with Crippen LogP contribution in [-0.4, -0.2) is 37.5 Å². The number of carbonyl (C=O) groups excluding carboxylic acids is 2. The molecule has 0 amide bonds. The van der Waals surface area contributed by atoms with Gasteiger partial charge in [0.05, 0.1) is 24.7 Å². The van der Waals surface area contributed by atoms with Gasteiger partial charge in [0.15, 0.2) is 6.61 Å². The fourth-order valence-corrected chi connectivity index (χ4v) is 2.13. The topological polar surface area (TPSA) is 105 Å². The van der Waals surface area contributed by atoms with E-state index in [2.05, 4.69) is 0 Å². The number of non-ortho nitro benzene ring substituents is 1. The van der Waals surface area contributed by atoms with Crippen LogP contribution in [-0.2, 0) is 4.74 Å². The summed E-state index contributed by atoms with van der Waals surface area (Å²) in [5.74, 6) is -0.893. The van der Waals surface area contributed by atoms with Crippen molar-refractivity contribution < 1.29 is 28.7 Å². The molecule has 0 aliphatic rings. The highest BCUT2D eigenvalue weighted by Gasteiger charge is 2.20. The minimum atomic E-state index is -0.899. The van der Waals surface area contributed by atoms with Crippen LogP contribution >= 0.6 is 0 Å². The van der Waals surface area contributed by atoms with Crippen LogP contribution in [0.4, 0.5) is 5.69 Å². The maximum Gasteiger partial charge on any atom is 0.342 e. The molecular formula is C17H15NO7. The quantitative estimate of drug-likeness (QED) is 0.329. The van der Waals surface area contributed by atoms with Crippen molar-refractivity contribution in [2.45, 2.75) is 0 Å². The zero-order valence-electron chi connectivity index (χ0n) is 13.6. The second-order valence-electron chi connectivity index (χ2n) is 4.84. The molecule has 0 aliphatic carbocycles. The Morgan fingerprint density at radius 1 is 1.00 bits per heavy atom. The minimum Gasteiger partial charge on any atom is -0.496 e. The van der Waals surface area contributed by atoms with Crippen molar-refractivity contribution in [3.8, 4) is 11.5 Å². The lowest BCUT2D eigenvalue weighted by molar-refractivity contribution is -0.384. The van der Waals surface area contributed by atoms with E-state index in [1.54, 1.807) is 24.3 Å². The van der Waals surface area contributed by atoms with Crippen LogP contribution in [0.25, 0.3) is 0 Å². The Morgan fingerprint density at radius 2 is 1.64 bits per heavy atom. The summed E-state index contributed by atoms with van der Waals surface area (Å²) in [6.45, 7) is -0.537. The van der Waals surface area contributed by atoms with Gasteiger partial charge in [-0.3, -0.25) is 14.9 Å². The van der Waals surface area contributed by atoms with Crippen LogP contribution in [0.1, 0.15) is 20.7 Å². The van der Waals surface area contributed by atoms with E-state index in [1.165, 1.54) is 26.4 Å². The molecular weight excluding hydrogens is 330 g/mol. The molecule has 8 heteroatoms. The third-order valence-electron chi connectivity index (χ3n) is 3.36. The van der Waals surface area contributed by atoms with Crippen LogP contribution < -0.4 is 9.47 Å². The van der Waals surface area contributed by atoms with E-state index in [0.29, 0.717) is 5.75 Å².